The number of nitrogens with one attached hydrogen (secondary N) is 1. The van der Waals surface area contributed by atoms with Gasteiger partial charge in [-0.05, 0) is 25.0 Å². The molecule has 6 heteroatoms. The molecule has 1 heterocycles. The number of thioether (sulfide) groups is 1. The molecule has 104 valence electrons. The molecule has 0 unspecified atom stereocenters. The van der Waals surface area contributed by atoms with Gasteiger partial charge in [-0.3, -0.25) is 4.99 Å². The van der Waals surface area contributed by atoms with Crippen LogP contribution in [0.5, 0.6) is 0 Å². The van der Waals surface area contributed by atoms with Crippen LogP contribution in [0.3, 0.4) is 0 Å². The maximum Gasteiger partial charge on any atom is 0.161 e. The summed E-state index contributed by atoms with van der Waals surface area (Å²) in [6.07, 6.45) is 1.99. The van der Waals surface area contributed by atoms with E-state index < -0.39 is 5.82 Å². The van der Waals surface area contributed by atoms with Gasteiger partial charge in [0, 0.05) is 5.75 Å². The minimum Gasteiger partial charge on any atom is -0.333 e. The Hall–Kier alpha value is -0.450. The highest BCUT2D eigenvalue weighted by Gasteiger charge is 2.32. The van der Waals surface area contributed by atoms with Crippen molar-refractivity contribution in [3.63, 3.8) is 0 Å². The quantitative estimate of drug-likeness (QED) is 0.827. The van der Waals surface area contributed by atoms with Crippen LogP contribution in [0.2, 0.25) is 10.0 Å². The van der Waals surface area contributed by atoms with Crippen molar-refractivity contribution in [1.29, 1.82) is 0 Å². The number of amidine groups is 1. The average molecular weight is 321 g/mol. The van der Waals surface area contributed by atoms with E-state index in [0.717, 1.165) is 23.8 Å². The fraction of sp³-hybridized carbons (Fsp3) is 0.462. The van der Waals surface area contributed by atoms with Crippen molar-refractivity contribution in [2.45, 2.75) is 32.2 Å². The van der Waals surface area contributed by atoms with Crippen LogP contribution < -0.4 is 5.32 Å². The zero-order valence-electron chi connectivity index (χ0n) is 10.8. The van der Waals surface area contributed by atoms with Crippen LogP contribution in [0.25, 0.3) is 0 Å². The number of benzene rings is 1. The van der Waals surface area contributed by atoms with Crippen LogP contribution in [0.1, 0.15) is 26.7 Å². The van der Waals surface area contributed by atoms with Crippen molar-refractivity contribution in [3.8, 4) is 0 Å². The SMILES string of the molecule is CCC1(CC)CSC(Nc2c(Cl)cc(F)cc2Cl)=N1. The van der Waals surface area contributed by atoms with Crippen molar-refractivity contribution >= 4 is 45.8 Å². The van der Waals surface area contributed by atoms with Gasteiger partial charge in [-0.2, -0.15) is 0 Å². The molecule has 1 aliphatic heterocycles. The molecule has 19 heavy (non-hydrogen) atoms. The van der Waals surface area contributed by atoms with Gasteiger partial charge in [0.15, 0.2) is 5.17 Å². The normalized spacial score (nSPS) is 17.4. The van der Waals surface area contributed by atoms with Gasteiger partial charge in [-0.25, -0.2) is 4.39 Å². The van der Waals surface area contributed by atoms with Gasteiger partial charge in [0.2, 0.25) is 0 Å². The molecule has 0 atom stereocenters. The van der Waals surface area contributed by atoms with Crippen LogP contribution in [-0.2, 0) is 0 Å². The molecular formula is C13H15Cl2FN2S. The highest BCUT2D eigenvalue weighted by Crippen LogP contribution is 2.37. The summed E-state index contributed by atoms with van der Waals surface area (Å²) in [5.41, 5.74) is 0.505. The Labute approximate surface area is 126 Å². The van der Waals surface area contributed by atoms with E-state index >= 15 is 0 Å². The molecule has 1 aliphatic rings. The van der Waals surface area contributed by atoms with Crippen LogP contribution in [-0.4, -0.2) is 16.5 Å². The third kappa shape index (κ3) is 3.18. The van der Waals surface area contributed by atoms with Crippen molar-refractivity contribution in [1.82, 2.24) is 0 Å². The Kier molecular flexibility index (Phi) is 4.64. The molecule has 0 saturated carbocycles. The fourth-order valence-electron chi connectivity index (χ4n) is 1.93. The van der Waals surface area contributed by atoms with Crippen molar-refractivity contribution in [3.05, 3.63) is 28.0 Å². The van der Waals surface area contributed by atoms with Gasteiger partial charge in [-0.15, -0.1) is 0 Å². The first-order chi connectivity index (χ1) is 8.99. The molecule has 2 rings (SSSR count). The molecule has 1 N–H and O–H groups in total. The Morgan fingerprint density at radius 1 is 1.32 bits per heavy atom. The molecule has 0 radical (unpaired) electrons. The zero-order valence-corrected chi connectivity index (χ0v) is 13.1. The predicted octanol–water partition coefficient (Wildman–Crippen LogP) is 5.21. The lowest BCUT2D eigenvalue weighted by Gasteiger charge is -2.20. The standard InChI is InChI=1S/C13H15Cl2FN2S/c1-3-13(4-2)7-19-12(18-13)17-11-9(14)5-8(16)6-10(11)15/h5-6H,3-4,7H2,1-2H3,(H,17,18). The molecule has 0 amide bonds. The maximum atomic E-state index is 13.1. The van der Waals surface area contributed by atoms with Crippen molar-refractivity contribution in [2.24, 2.45) is 4.99 Å². The minimum atomic E-state index is -0.446. The van der Waals surface area contributed by atoms with Gasteiger partial charge >= 0.3 is 0 Å². The fourth-order valence-corrected chi connectivity index (χ4v) is 3.79. The summed E-state index contributed by atoms with van der Waals surface area (Å²) in [6.45, 7) is 4.27. The van der Waals surface area contributed by atoms with E-state index in [2.05, 4.69) is 19.2 Å². The molecule has 0 saturated heterocycles. The molecule has 1 aromatic rings. The monoisotopic (exact) mass is 320 g/mol. The van der Waals surface area contributed by atoms with Crippen molar-refractivity contribution < 1.29 is 4.39 Å². The Bertz CT molecular complexity index is 492. The van der Waals surface area contributed by atoms with E-state index in [9.17, 15) is 4.39 Å². The average Bonchev–Trinajstić information content (AvgIpc) is 2.78. The van der Waals surface area contributed by atoms with Gasteiger partial charge in [0.05, 0.1) is 21.3 Å². The number of anilines is 1. The Morgan fingerprint density at radius 3 is 2.37 bits per heavy atom. The van der Waals surface area contributed by atoms with Gasteiger partial charge in [-0.1, -0.05) is 48.8 Å². The molecule has 0 aromatic heterocycles. The summed E-state index contributed by atoms with van der Waals surface area (Å²) in [6, 6.07) is 2.48. The first kappa shape index (κ1) is 14.9. The number of aliphatic imine (C=N–C) groups is 1. The van der Waals surface area contributed by atoms with E-state index in [0.29, 0.717) is 5.69 Å². The molecule has 0 fully saturated rings. The van der Waals surface area contributed by atoms with E-state index in [4.69, 9.17) is 28.2 Å². The topological polar surface area (TPSA) is 24.4 Å². The molecule has 2 nitrogen and oxygen atoms in total. The molecule has 0 bridgehead atoms. The minimum absolute atomic E-state index is 0.00795. The number of hydrogen-bond acceptors (Lipinski definition) is 3. The lowest BCUT2D eigenvalue weighted by Crippen LogP contribution is -2.24. The summed E-state index contributed by atoms with van der Waals surface area (Å²) >= 11 is 13.6. The second-order valence-electron chi connectivity index (χ2n) is 4.51. The van der Waals surface area contributed by atoms with Crippen LogP contribution in [0.4, 0.5) is 10.1 Å². The van der Waals surface area contributed by atoms with Crippen LogP contribution in [0, 0.1) is 5.82 Å². The largest absolute Gasteiger partial charge is 0.333 e. The highest BCUT2D eigenvalue weighted by molar-refractivity contribution is 8.14. The highest BCUT2D eigenvalue weighted by atomic mass is 35.5. The number of hydrogen-bond donors (Lipinski definition) is 1. The van der Waals surface area contributed by atoms with Crippen LogP contribution >= 0.6 is 35.0 Å². The summed E-state index contributed by atoms with van der Waals surface area (Å²) in [4.78, 5) is 4.71. The lowest BCUT2D eigenvalue weighted by molar-refractivity contribution is 0.456. The first-order valence-electron chi connectivity index (χ1n) is 6.14. The van der Waals surface area contributed by atoms with Gasteiger partial charge in [0.1, 0.15) is 5.82 Å². The van der Waals surface area contributed by atoms with E-state index in [1.54, 1.807) is 11.8 Å². The van der Waals surface area contributed by atoms with Gasteiger partial charge in [0.25, 0.3) is 0 Å². The molecule has 1 aromatic carbocycles. The van der Waals surface area contributed by atoms with E-state index in [-0.39, 0.29) is 15.6 Å². The van der Waals surface area contributed by atoms with Crippen LogP contribution in [0.15, 0.2) is 17.1 Å². The third-order valence-corrected chi connectivity index (χ3v) is 5.12. The zero-order chi connectivity index (χ0) is 14.0. The molecular weight excluding hydrogens is 306 g/mol. The summed E-state index contributed by atoms with van der Waals surface area (Å²) in [5, 5.41) is 4.43. The van der Waals surface area contributed by atoms with Crippen molar-refractivity contribution in [2.75, 3.05) is 11.1 Å². The predicted molar refractivity (Wildman–Crippen MR) is 83.2 cm³/mol. The third-order valence-electron chi connectivity index (χ3n) is 3.37. The Balaban J connectivity index is 2.24. The lowest BCUT2D eigenvalue weighted by atomic mass is 9.97. The maximum absolute atomic E-state index is 13.1. The Morgan fingerprint density at radius 2 is 1.89 bits per heavy atom. The smallest absolute Gasteiger partial charge is 0.161 e. The number of rotatable bonds is 3. The molecule has 0 aliphatic carbocycles. The van der Waals surface area contributed by atoms with Gasteiger partial charge < -0.3 is 5.32 Å². The molecule has 0 spiro atoms. The summed E-state index contributed by atoms with van der Waals surface area (Å²) in [7, 11) is 0. The summed E-state index contributed by atoms with van der Waals surface area (Å²) in [5.74, 6) is 0.497. The van der Waals surface area contributed by atoms with E-state index in [1.807, 2.05) is 0 Å². The summed E-state index contributed by atoms with van der Waals surface area (Å²) < 4.78 is 13.1. The second-order valence-corrected chi connectivity index (χ2v) is 6.28. The number of nitrogens with zero attached hydrogens (tertiary/aromatic N) is 1. The number of halogens is 3. The van der Waals surface area contributed by atoms with E-state index in [1.165, 1.54) is 12.1 Å². The second kappa shape index (κ2) is 5.90. The first-order valence-corrected chi connectivity index (χ1v) is 7.88.